The maximum Gasteiger partial charge on any atom is 0.227 e. The first-order chi connectivity index (χ1) is 10.2. The molecule has 1 amide bonds. The lowest BCUT2D eigenvalue weighted by atomic mass is 10.1. The zero-order chi connectivity index (χ0) is 14.8. The van der Waals surface area contributed by atoms with Crippen molar-refractivity contribution in [1.29, 1.82) is 0 Å². The van der Waals surface area contributed by atoms with Crippen molar-refractivity contribution >= 4 is 28.8 Å². The monoisotopic (exact) mass is 323 g/mol. The maximum atomic E-state index is 13.8. The Morgan fingerprint density at radius 3 is 2.95 bits per heavy atom. The first-order valence-electron chi connectivity index (χ1n) is 6.92. The summed E-state index contributed by atoms with van der Waals surface area (Å²) < 4.78 is 13.8. The molecule has 21 heavy (non-hydrogen) atoms. The largest absolute Gasteiger partial charge is 0.335 e. The van der Waals surface area contributed by atoms with Gasteiger partial charge < -0.3 is 4.90 Å². The van der Waals surface area contributed by atoms with Crippen molar-refractivity contribution in [3.63, 3.8) is 0 Å². The van der Waals surface area contributed by atoms with Crippen molar-refractivity contribution in [2.45, 2.75) is 25.3 Å². The van der Waals surface area contributed by atoms with Gasteiger partial charge >= 0.3 is 0 Å². The van der Waals surface area contributed by atoms with Gasteiger partial charge in [-0.15, -0.1) is 11.3 Å². The number of benzene rings is 1. The third-order valence-corrected chi connectivity index (χ3v) is 5.16. The molecule has 5 heteroatoms. The van der Waals surface area contributed by atoms with Gasteiger partial charge in [-0.2, -0.15) is 0 Å². The maximum absolute atomic E-state index is 13.8. The quantitative estimate of drug-likeness (QED) is 0.817. The van der Waals surface area contributed by atoms with Crippen LogP contribution in [0.5, 0.6) is 0 Å². The standard InChI is InChI=1S/C16H15ClFNOS/c17-12-4-1-5-13(18)11(12)10-16(20)19-8-2-6-14(19)15-7-3-9-21-15/h1,3-5,7,9,14H,2,6,8,10H2/t14-/m0/s1. The SMILES string of the molecule is O=C(Cc1c(F)cccc1Cl)N1CCC[C@H]1c1cccs1. The third kappa shape index (κ3) is 2.97. The Kier molecular flexibility index (Phi) is 4.27. The smallest absolute Gasteiger partial charge is 0.227 e. The summed E-state index contributed by atoms with van der Waals surface area (Å²) in [5, 5.41) is 2.33. The summed E-state index contributed by atoms with van der Waals surface area (Å²) in [6.07, 6.45) is 1.98. The summed E-state index contributed by atoms with van der Waals surface area (Å²) in [6, 6.07) is 8.69. The van der Waals surface area contributed by atoms with Crippen molar-refractivity contribution in [2.75, 3.05) is 6.54 Å². The van der Waals surface area contributed by atoms with Crippen LogP contribution in [0.1, 0.15) is 29.3 Å². The summed E-state index contributed by atoms with van der Waals surface area (Å²) in [5.74, 6) is -0.472. The molecule has 0 N–H and O–H groups in total. The summed E-state index contributed by atoms with van der Waals surface area (Å²) in [4.78, 5) is 15.6. The molecule has 0 aliphatic carbocycles. The second-order valence-corrected chi connectivity index (χ2v) is 6.52. The molecule has 2 heterocycles. The number of hydrogen-bond donors (Lipinski definition) is 0. The molecular formula is C16H15ClFNOS. The van der Waals surface area contributed by atoms with Gasteiger partial charge in [-0.05, 0) is 36.4 Å². The number of carbonyl (C=O) groups excluding carboxylic acids is 1. The highest BCUT2D eigenvalue weighted by Gasteiger charge is 2.31. The second kappa shape index (κ2) is 6.16. The molecule has 0 radical (unpaired) electrons. The minimum absolute atomic E-state index is 0.0212. The van der Waals surface area contributed by atoms with Crippen molar-refractivity contribution in [2.24, 2.45) is 0 Å². The van der Waals surface area contributed by atoms with Crippen LogP contribution < -0.4 is 0 Å². The molecule has 110 valence electrons. The predicted octanol–water partition coefficient (Wildman–Crippen LogP) is 4.45. The lowest BCUT2D eigenvalue weighted by Crippen LogP contribution is -2.31. The van der Waals surface area contributed by atoms with Crippen LogP contribution in [0, 0.1) is 5.82 Å². The Bertz CT molecular complexity index is 623. The molecule has 0 saturated carbocycles. The van der Waals surface area contributed by atoms with E-state index in [9.17, 15) is 9.18 Å². The first kappa shape index (κ1) is 14.5. The zero-order valence-corrected chi connectivity index (χ0v) is 13.0. The van der Waals surface area contributed by atoms with Crippen LogP contribution >= 0.6 is 22.9 Å². The van der Waals surface area contributed by atoms with E-state index >= 15 is 0 Å². The molecule has 1 aromatic carbocycles. The van der Waals surface area contributed by atoms with Gasteiger partial charge in [0.25, 0.3) is 0 Å². The highest BCUT2D eigenvalue weighted by atomic mass is 35.5. The van der Waals surface area contributed by atoms with Crippen LogP contribution in [-0.4, -0.2) is 17.4 Å². The van der Waals surface area contributed by atoms with E-state index in [1.807, 2.05) is 16.3 Å². The van der Waals surface area contributed by atoms with E-state index < -0.39 is 5.82 Å². The number of nitrogens with zero attached hydrogens (tertiary/aromatic N) is 1. The predicted molar refractivity (Wildman–Crippen MR) is 83.1 cm³/mol. The van der Waals surface area contributed by atoms with Crippen molar-refractivity contribution in [1.82, 2.24) is 4.90 Å². The van der Waals surface area contributed by atoms with Crippen LogP contribution in [0.4, 0.5) is 4.39 Å². The van der Waals surface area contributed by atoms with Crippen LogP contribution in [-0.2, 0) is 11.2 Å². The van der Waals surface area contributed by atoms with Gasteiger partial charge in [0.2, 0.25) is 5.91 Å². The molecule has 1 saturated heterocycles. The summed E-state index contributed by atoms with van der Waals surface area (Å²) >= 11 is 7.67. The average molecular weight is 324 g/mol. The Morgan fingerprint density at radius 1 is 1.38 bits per heavy atom. The van der Waals surface area contributed by atoms with Gasteiger partial charge in [0.05, 0.1) is 12.5 Å². The number of amides is 1. The van der Waals surface area contributed by atoms with E-state index in [4.69, 9.17) is 11.6 Å². The Hall–Kier alpha value is -1.39. The molecule has 3 rings (SSSR count). The number of carbonyl (C=O) groups is 1. The second-order valence-electron chi connectivity index (χ2n) is 5.14. The summed E-state index contributed by atoms with van der Waals surface area (Å²) in [6.45, 7) is 0.730. The highest BCUT2D eigenvalue weighted by Crippen LogP contribution is 2.35. The topological polar surface area (TPSA) is 20.3 Å². The minimum Gasteiger partial charge on any atom is -0.335 e. The Labute approximate surface area is 132 Å². The normalized spacial score (nSPS) is 18.2. The molecule has 0 spiro atoms. The van der Waals surface area contributed by atoms with Gasteiger partial charge in [0.15, 0.2) is 0 Å². The van der Waals surface area contributed by atoms with E-state index in [0.717, 1.165) is 19.4 Å². The summed E-state index contributed by atoms with van der Waals surface area (Å²) in [7, 11) is 0. The Balaban J connectivity index is 1.79. The Morgan fingerprint density at radius 2 is 2.24 bits per heavy atom. The third-order valence-electron chi connectivity index (χ3n) is 3.83. The van der Waals surface area contributed by atoms with Crippen LogP contribution in [0.3, 0.4) is 0 Å². The van der Waals surface area contributed by atoms with E-state index in [2.05, 4.69) is 6.07 Å². The van der Waals surface area contributed by atoms with Gasteiger partial charge in [0, 0.05) is 22.0 Å². The van der Waals surface area contributed by atoms with E-state index in [1.54, 1.807) is 23.5 Å². The molecule has 1 aliphatic heterocycles. The number of halogens is 2. The fraction of sp³-hybridized carbons (Fsp3) is 0.312. The first-order valence-corrected chi connectivity index (χ1v) is 8.18. The number of rotatable bonds is 3. The number of likely N-dealkylation sites (tertiary alicyclic amines) is 1. The number of thiophene rings is 1. The van der Waals surface area contributed by atoms with Crippen molar-refractivity contribution in [3.05, 3.63) is 57.0 Å². The molecule has 0 unspecified atom stereocenters. The molecular weight excluding hydrogens is 309 g/mol. The molecule has 1 atom stereocenters. The van der Waals surface area contributed by atoms with Gasteiger partial charge in [-0.25, -0.2) is 4.39 Å². The van der Waals surface area contributed by atoms with E-state index in [0.29, 0.717) is 10.6 Å². The lowest BCUT2D eigenvalue weighted by molar-refractivity contribution is -0.131. The number of hydrogen-bond acceptors (Lipinski definition) is 2. The molecule has 1 aromatic heterocycles. The zero-order valence-electron chi connectivity index (χ0n) is 11.4. The van der Waals surface area contributed by atoms with Crippen LogP contribution in [0.15, 0.2) is 35.7 Å². The van der Waals surface area contributed by atoms with Crippen LogP contribution in [0.25, 0.3) is 0 Å². The van der Waals surface area contributed by atoms with Gasteiger partial charge in [0.1, 0.15) is 5.82 Å². The molecule has 2 aromatic rings. The van der Waals surface area contributed by atoms with E-state index in [-0.39, 0.29) is 18.4 Å². The van der Waals surface area contributed by atoms with Gasteiger partial charge in [-0.3, -0.25) is 4.79 Å². The molecule has 1 aliphatic rings. The highest BCUT2D eigenvalue weighted by molar-refractivity contribution is 7.10. The lowest BCUT2D eigenvalue weighted by Gasteiger charge is -2.24. The van der Waals surface area contributed by atoms with E-state index in [1.165, 1.54) is 10.9 Å². The molecule has 2 nitrogen and oxygen atoms in total. The molecule has 1 fully saturated rings. The fourth-order valence-electron chi connectivity index (χ4n) is 2.80. The van der Waals surface area contributed by atoms with Crippen molar-refractivity contribution in [3.8, 4) is 0 Å². The summed E-state index contributed by atoms with van der Waals surface area (Å²) in [5.41, 5.74) is 0.293. The van der Waals surface area contributed by atoms with Crippen molar-refractivity contribution < 1.29 is 9.18 Å². The average Bonchev–Trinajstić information content (AvgIpc) is 3.12. The molecule has 0 bridgehead atoms. The fourth-order valence-corrected chi connectivity index (χ4v) is 3.90. The van der Waals surface area contributed by atoms with Crippen LogP contribution in [0.2, 0.25) is 5.02 Å². The van der Waals surface area contributed by atoms with Gasteiger partial charge in [-0.1, -0.05) is 23.7 Å². The minimum atomic E-state index is -0.414.